The fourth-order valence-electron chi connectivity index (χ4n) is 2.07. The van der Waals surface area contributed by atoms with Crippen LogP contribution >= 0.6 is 11.8 Å². The first-order valence-corrected chi connectivity index (χ1v) is 7.82. The van der Waals surface area contributed by atoms with Crippen LogP contribution in [0.4, 0.5) is 8.92 Å². The molecule has 0 aliphatic carbocycles. The molecular weight excluding hydrogens is 312 g/mol. The standard InChI is InChI=1S/C13H15F2N3OS.CH4O/c1-9(20-2)12(6-18-8-16-7-17-18)11-4-3-10(14)5-13(11)19-15;1-2/h3-5,7-9,12H,6H2,1-2H3;2H,1H3. The lowest BCUT2D eigenvalue weighted by molar-refractivity contribution is -0.00820. The molecule has 1 aromatic heterocycles. The van der Waals surface area contributed by atoms with Crippen LogP contribution in [-0.4, -0.2) is 38.5 Å². The number of benzene rings is 1. The van der Waals surface area contributed by atoms with Crippen molar-refractivity contribution in [1.82, 2.24) is 14.8 Å². The van der Waals surface area contributed by atoms with Crippen LogP contribution < -0.4 is 4.94 Å². The number of hydrogen-bond acceptors (Lipinski definition) is 5. The van der Waals surface area contributed by atoms with Crippen molar-refractivity contribution in [2.24, 2.45) is 0 Å². The van der Waals surface area contributed by atoms with E-state index < -0.39 is 5.82 Å². The average molecular weight is 331 g/mol. The first-order chi connectivity index (χ1) is 10.7. The summed E-state index contributed by atoms with van der Waals surface area (Å²) >= 11 is 1.64. The van der Waals surface area contributed by atoms with Crippen LogP contribution in [0.5, 0.6) is 5.75 Å². The lowest BCUT2D eigenvalue weighted by Crippen LogP contribution is -2.19. The molecule has 0 bridgehead atoms. The fraction of sp³-hybridized carbons (Fsp3) is 0.429. The van der Waals surface area contributed by atoms with E-state index in [2.05, 4.69) is 15.0 Å². The quantitative estimate of drug-likeness (QED) is 0.882. The molecule has 0 spiro atoms. The molecule has 1 N–H and O–H groups in total. The number of halogens is 2. The van der Waals surface area contributed by atoms with Crippen molar-refractivity contribution in [3.63, 3.8) is 0 Å². The van der Waals surface area contributed by atoms with Crippen LogP contribution in [0.25, 0.3) is 0 Å². The van der Waals surface area contributed by atoms with E-state index in [1.54, 1.807) is 28.8 Å². The number of aromatic nitrogens is 3. The molecule has 2 unspecified atom stereocenters. The molecule has 1 heterocycles. The highest BCUT2D eigenvalue weighted by Crippen LogP contribution is 2.35. The Hall–Kier alpha value is -1.67. The molecule has 122 valence electrons. The van der Waals surface area contributed by atoms with Crippen LogP contribution in [0.1, 0.15) is 18.4 Å². The highest BCUT2D eigenvalue weighted by molar-refractivity contribution is 7.99. The molecule has 2 aromatic rings. The molecule has 0 saturated carbocycles. The summed E-state index contributed by atoms with van der Waals surface area (Å²) in [5.74, 6) is -0.688. The van der Waals surface area contributed by atoms with Gasteiger partial charge in [0, 0.05) is 34.4 Å². The minimum atomic E-state index is -0.530. The Labute approximate surface area is 132 Å². The van der Waals surface area contributed by atoms with Crippen molar-refractivity contribution in [2.45, 2.75) is 24.6 Å². The van der Waals surface area contributed by atoms with Gasteiger partial charge in [-0.1, -0.05) is 13.0 Å². The van der Waals surface area contributed by atoms with Crippen molar-refractivity contribution in [2.75, 3.05) is 13.4 Å². The molecule has 1 aromatic carbocycles. The van der Waals surface area contributed by atoms with Crippen LogP contribution in [-0.2, 0) is 6.54 Å². The van der Waals surface area contributed by atoms with Gasteiger partial charge in [0.25, 0.3) is 0 Å². The van der Waals surface area contributed by atoms with Crippen LogP contribution in [0.3, 0.4) is 0 Å². The highest BCUT2D eigenvalue weighted by atomic mass is 32.2. The summed E-state index contributed by atoms with van der Waals surface area (Å²) in [6, 6.07) is 3.91. The van der Waals surface area contributed by atoms with Gasteiger partial charge in [-0.15, -0.1) is 0 Å². The monoisotopic (exact) mass is 331 g/mol. The summed E-state index contributed by atoms with van der Waals surface area (Å²) in [5.41, 5.74) is 0.617. The molecule has 22 heavy (non-hydrogen) atoms. The minimum Gasteiger partial charge on any atom is -0.400 e. The minimum absolute atomic E-state index is 0.0713. The summed E-state index contributed by atoms with van der Waals surface area (Å²) in [5, 5.41) is 11.2. The lowest BCUT2D eigenvalue weighted by Gasteiger charge is -2.23. The average Bonchev–Trinajstić information content (AvgIpc) is 3.07. The Balaban J connectivity index is 0.00000116. The van der Waals surface area contributed by atoms with Gasteiger partial charge in [-0.2, -0.15) is 16.9 Å². The Morgan fingerprint density at radius 3 is 2.68 bits per heavy atom. The summed E-state index contributed by atoms with van der Waals surface area (Å²) in [7, 11) is 1.00. The van der Waals surface area contributed by atoms with Gasteiger partial charge in [0.2, 0.25) is 0 Å². The Morgan fingerprint density at radius 2 is 2.14 bits per heavy atom. The van der Waals surface area contributed by atoms with Gasteiger partial charge in [0.15, 0.2) is 5.75 Å². The second-order valence-corrected chi connectivity index (χ2v) is 5.64. The van der Waals surface area contributed by atoms with Gasteiger partial charge in [-0.25, -0.2) is 9.37 Å². The molecule has 2 atom stereocenters. The van der Waals surface area contributed by atoms with E-state index in [4.69, 9.17) is 5.11 Å². The Kier molecular flexibility index (Phi) is 7.83. The van der Waals surface area contributed by atoms with Crippen molar-refractivity contribution in [1.29, 1.82) is 0 Å². The number of rotatable bonds is 6. The number of aliphatic hydroxyl groups is 1. The van der Waals surface area contributed by atoms with Crippen molar-refractivity contribution in [3.8, 4) is 5.75 Å². The molecule has 5 nitrogen and oxygen atoms in total. The third-order valence-electron chi connectivity index (χ3n) is 3.25. The first kappa shape index (κ1) is 18.4. The molecule has 8 heteroatoms. The van der Waals surface area contributed by atoms with Crippen molar-refractivity contribution >= 4 is 11.8 Å². The SMILES string of the molecule is CO.CSC(C)C(Cn1cncn1)c1ccc(F)cc1OF. The van der Waals surface area contributed by atoms with Gasteiger partial charge < -0.3 is 5.11 Å². The second-order valence-electron chi connectivity index (χ2n) is 4.42. The maximum Gasteiger partial charge on any atom is 0.178 e. The van der Waals surface area contributed by atoms with Crippen LogP contribution in [0.15, 0.2) is 30.9 Å². The zero-order valence-electron chi connectivity index (χ0n) is 12.6. The first-order valence-electron chi connectivity index (χ1n) is 6.53. The number of nitrogens with zero attached hydrogens (tertiary/aromatic N) is 3. The van der Waals surface area contributed by atoms with Crippen LogP contribution in [0, 0.1) is 5.82 Å². The van der Waals surface area contributed by atoms with E-state index in [0.29, 0.717) is 12.1 Å². The Morgan fingerprint density at radius 1 is 1.41 bits per heavy atom. The summed E-state index contributed by atoms with van der Waals surface area (Å²) in [6.45, 7) is 2.54. The molecule has 0 aliphatic heterocycles. The lowest BCUT2D eigenvalue weighted by atomic mass is 9.95. The Bertz CT molecular complexity index is 555. The van der Waals surface area contributed by atoms with E-state index in [1.165, 1.54) is 12.4 Å². The second kappa shape index (κ2) is 9.37. The van der Waals surface area contributed by atoms with Crippen molar-refractivity contribution < 1.29 is 19.0 Å². The zero-order chi connectivity index (χ0) is 16.5. The van der Waals surface area contributed by atoms with Gasteiger partial charge in [-0.05, 0) is 12.3 Å². The molecule has 0 saturated heterocycles. The van der Waals surface area contributed by atoms with Gasteiger partial charge >= 0.3 is 0 Å². The maximum atomic E-state index is 13.2. The molecule has 0 aliphatic rings. The largest absolute Gasteiger partial charge is 0.400 e. The van der Waals surface area contributed by atoms with Crippen molar-refractivity contribution in [3.05, 3.63) is 42.2 Å². The fourth-order valence-corrected chi connectivity index (χ4v) is 2.64. The van der Waals surface area contributed by atoms with E-state index in [9.17, 15) is 8.92 Å². The molecule has 0 fully saturated rings. The topological polar surface area (TPSA) is 60.2 Å². The predicted molar refractivity (Wildman–Crippen MR) is 82.0 cm³/mol. The molecular formula is C14H19F2N3O2S. The maximum absolute atomic E-state index is 13.2. The highest BCUT2D eigenvalue weighted by Gasteiger charge is 2.24. The van der Waals surface area contributed by atoms with E-state index in [-0.39, 0.29) is 16.9 Å². The predicted octanol–water partition coefficient (Wildman–Crippen LogP) is 2.82. The normalized spacial score (nSPS) is 13.0. The third-order valence-corrected chi connectivity index (χ3v) is 4.32. The summed E-state index contributed by atoms with van der Waals surface area (Å²) in [4.78, 5) is 7.72. The number of hydrogen-bond donors (Lipinski definition) is 1. The van der Waals surface area contributed by atoms with E-state index in [0.717, 1.165) is 13.2 Å². The van der Waals surface area contributed by atoms with Gasteiger partial charge in [0.05, 0.1) is 6.54 Å². The summed E-state index contributed by atoms with van der Waals surface area (Å²) in [6.07, 6.45) is 5.01. The van der Waals surface area contributed by atoms with E-state index >= 15 is 0 Å². The molecule has 0 radical (unpaired) electrons. The van der Waals surface area contributed by atoms with Gasteiger partial charge in [-0.3, -0.25) is 9.62 Å². The van der Waals surface area contributed by atoms with Crippen LogP contribution in [0.2, 0.25) is 0 Å². The van der Waals surface area contributed by atoms with E-state index in [1.807, 2.05) is 13.2 Å². The third kappa shape index (κ3) is 4.67. The smallest absolute Gasteiger partial charge is 0.178 e. The number of aliphatic hydroxyl groups excluding tert-OH is 1. The zero-order valence-corrected chi connectivity index (χ0v) is 13.4. The summed E-state index contributed by atoms with van der Waals surface area (Å²) < 4.78 is 27.5. The molecule has 0 amide bonds. The van der Waals surface area contributed by atoms with Gasteiger partial charge in [0.1, 0.15) is 18.5 Å². The number of thioether (sulfide) groups is 1. The molecule has 2 rings (SSSR count).